The van der Waals surface area contributed by atoms with E-state index in [-0.39, 0.29) is 17.9 Å². The highest BCUT2D eigenvalue weighted by Crippen LogP contribution is 2.18. The normalized spacial score (nSPS) is 13.9. The van der Waals surface area contributed by atoms with Crippen LogP contribution in [0, 0.1) is 11.8 Å². The van der Waals surface area contributed by atoms with Gasteiger partial charge in [0, 0.05) is 24.1 Å². The van der Waals surface area contributed by atoms with Crippen molar-refractivity contribution in [3.8, 4) is 5.75 Å². The predicted molar refractivity (Wildman–Crippen MR) is 81.4 cm³/mol. The largest absolute Gasteiger partial charge is 0.493 e. The molecule has 0 aliphatic heterocycles. The number of para-hydroxylation sites is 1. The van der Waals surface area contributed by atoms with Gasteiger partial charge in [0.1, 0.15) is 5.75 Å². The van der Waals surface area contributed by atoms with Crippen molar-refractivity contribution in [3.63, 3.8) is 0 Å². The number of hydrogen-bond acceptors (Lipinski definition) is 3. The molecule has 2 atom stereocenters. The van der Waals surface area contributed by atoms with Gasteiger partial charge in [-0.25, -0.2) is 0 Å². The molecule has 4 heteroatoms. The number of benzene rings is 1. The molecule has 4 nitrogen and oxygen atoms in total. The quantitative estimate of drug-likeness (QED) is 0.804. The van der Waals surface area contributed by atoms with Crippen LogP contribution >= 0.6 is 0 Å². The Labute approximate surface area is 121 Å². The summed E-state index contributed by atoms with van der Waals surface area (Å²) in [5.74, 6) is 1.07. The first-order chi connectivity index (χ1) is 9.41. The van der Waals surface area contributed by atoms with Gasteiger partial charge in [-0.3, -0.25) is 4.79 Å². The summed E-state index contributed by atoms with van der Waals surface area (Å²) in [4.78, 5) is 11.9. The van der Waals surface area contributed by atoms with Gasteiger partial charge in [-0.2, -0.15) is 0 Å². The molecule has 20 heavy (non-hydrogen) atoms. The maximum atomic E-state index is 11.9. The SMILES string of the molecule is CC(C)COc1ccccc1CNC(=O)C(C)C(C)N. The van der Waals surface area contributed by atoms with Crippen molar-refractivity contribution in [2.24, 2.45) is 17.6 Å². The van der Waals surface area contributed by atoms with Crippen molar-refractivity contribution in [2.45, 2.75) is 40.3 Å². The number of nitrogens with two attached hydrogens (primary N) is 1. The van der Waals surface area contributed by atoms with E-state index in [0.717, 1.165) is 11.3 Å². The van der Waals surface area contributed by atoms with E-state index in [1.807, 2.05) is 38.1 Å². The minimum Gasteiger partial charge on any atom is -0.493 e. The van der Waals surface area contributed by atoms with Crippen LogP contribution in [0.4, 0.5) is 0 Å². The van der Waals surface area contributed by atoms with Crippen LogP contribution in [0.3, 0.4) is 0 Å². The second-order valence-electron chi connectivity index (χ2n) is 5.68. The van der Waals surface area contributed by atoms with E-state index in [4.69, 9.17) is 10.5 Å². The number of rotatable bonds is 7. The van der Waals surface area contributed by atoms with E-state index in [0.29, 0.717) is 19.1 Å². The summed E-state index contributed by atoms with van der Waals surface area (Å²) < 4.78 is 5.76. The Kier molecular flexibility index (Phi) is 6.52. The Morgan fingerprint density at radius 3 is 2.50 bits per heavy atom. The maximum absolute atomic E-state index is 11.9. The summed E-state index contributed by atoms with van der Waals surface area (Å²) in [6.45, 7) is 9.01. The van der Waals surface area contributed by atoms with Crippen LogP contribution in [0.1, 0.15) is 33.3 Å². The molecule has 0 aliphatic carbocycles. The molecule has 0 aromatic heterocycles. The Morgan fingerprint density at radius 1 is 1.25 bits per heavy atom. The third kappa shape index (κ3) is 5.21. The lowest BCUT2D eigenvalue weighted by Crippen LogP contribution is -2.38. The van der Waals surface area contributed by atoms with E-state index in [1.165, 1.54) is 0 Å². The molecule has 0 heterocycles. The molecule has 0 radical (unpaired) electrons. The summed E-state index contributed by atoms with van der Waals surface area (Å²) in [6.07, 6.45) is 0. The molecule has 1 aromatic rings. The zero-order valence-corrected chi connectivity index (χ0v) is 12.8. The Bertz CT molecular complexity index is 430. The maximum Gasteiger partial charge on any atom is 0.224 e. The van der Waals surface area contributed by atoms with Gasteiger partial charge in [-0.15, -0.1) is 0 Å². The van der Waals surface area contributed by atoms with Crippen LogP contribution in [0.15, 0.2) is 24.3 Å². The van der Waals surface area contributed by atoms with E-state index >= 15 is 0 Å². The zero-order valence-electron chi connectivity index (χ0n) is 12.8. The van der Waals surface area contributed by atoms with Crippen molar-refractivity contribution < 1.29 is 9.53 Å². The van der Waals surface area contributed by atoms with Crippen molar-refractivity contribution in [2.75, 3.05) is 6.61 Å². The van der Waals surface area contributed by atoms with Gasteiger partial charge in [-0.1, -0.05) is 39.0 Å². The Balaban J connectivity index is 2.61. The summed E-state index contributed by atoms with van der Waals surface area (Å²) in [6, 6.07) is 7.62. The van der Waals surface area contributed by atoms with Gasteiger partial charge in [0.2, 0.25) is 5.91 Å². The minimum atomic E-state index is -0.196. The first-order valence-corrected chi connectivity index (χ1v) is 7.15. The monoisotopic (exact) mass is 278 g/mol. The molecule has 3 N–H and O–H groups in total. The van der Waals surface area contributed by atoms with Crippen molar-refractivity contribution in [1.29, 1.82) is 0 Å². The fourth-order valence-electron chi connectivity index (χ4n) is 1.63. The van der Waals surface area contributed by atoms with Crippen LogP contribution in [0.5, 0.6) is 5.75 Å². The second-order valence-corrected chi connectivity index (χ2v) is 5.68. The van der Waals surface area contributed by atoms with Crippen molar-refractivity contribution >= 4 is 5.91 Å². The summed E-state index contributed by atoms with van der Waals surface area (Å²) >= 11 is 0. The summed E-state index contributed by atoms with van der Waals surface area (Å²) in [5.41, 5.74) is 6.72. The van der Waals surface area contributed by atoms with E-state index in [9.17, 15) is 4.79 Å². The molecule has 1 rings (SSSR count). The number of carbonyl (C=O) groups is 1. The highest BCUT2D eigenvalue weighted by Gasteiger charge is 2.17. The number of ether oxygens (including phenoxy) is 1. The van der Waals surface area contributed by atoms with Crippen molar-refractivity contribution in [3.05, 3.63) is 29.8 Å². The van der Waals surface area contributed by atoms with Gasteiger partial charge in [-0.05, 0) is 18.9 Å². The number of carbonyl (C=O) groups excluding carboxylic acids is 1. The molecule has 0 saturated heterocycles. The Morgan fingerprint density at radius 2 is 1.90 bits per heavy atom. The Hall–Kier alpha value is -1.55. The number of nitrogens with one attached hydrogen (secondary N) is 1. The van der Waals surface area contributed by atoms with E-state index in [1.54, 1.807) is 0 Å². The highest BCUT2D eigenvalue weighted by molar-refractivity contribution is 5.78. The van der Waals surface area contributed by atoms with Crippen LogP contribution in [0.25, 0.3) is 0 Å². The van der Waals surface area contributed by atoms with Crippen molar-refractivity contribution in [1.82, 2.24) is 5.32 Å². The predicted octanol–water partition coefficient (Wildman–Crippen LogP) is 2.32. The highest BCUT2D eigenvalue weighted by atomic mass is 16.5. The molecule has 0 bridgehead atoms. The molecule has 0 fully saturated rings. The fourth-order valence-corrected chi connectivity index (χ4v) is 1.63. The molecule has 2 unspecified atom stereocenters. The van der Waals surface area contributed by atoms with Gasteiger partial charge in [0.15, 0.2) is 0 Å². The summed E-state index contributed by atoms with van der Waals surface area (Å²) in [7, 11) is 0. The minimum absolute atomic E-state index is 0.0290. The van der Waals surface area contributed by atoms with Crippen LogP contribution in [-0.2, 0) is 11.3 Å². The zero-order chi connectivity index (χ0) is 15.1. The van der Waals surface area contributed by atoms with E-state index < -0.39 is 0 Å². The van der Waals surface area contributed by atoms with Gasteiger partial charge in [0.05, 0.1) is 6.61 Å². The lowest BCUT2D eigenvalue weighted by molar-refractivity contribution is -0.125. The first kappa shape index (κ1) is 16.5. The van der Waals surface area contributed by atoms with Gasteiger partial charge in [0.25, 0.3) is 0 Å². The van der Waals surface area contributed by atoms with E-state index in [2.05, 4.69) is 19.2 Å². The number of amides is 1. The topological polar surface area (TPSA) is 64.3 Å². The molecule has 1 aromatic carbocycles. The second kappa shape index (κ2) is 7.90. The van der Waals surface area contributed by atoms with Crippen LogP contribution in [0.2, 0.25) is 0 Å². The third-order valence-corrected chi connectivity index (χ3v) is 3.20. The molecule has 112 valence electrons. The summed E-state index contributed by atoms with van der Waals surface area (Å²) in [5, 5.41) is 2.91. The number of hydrogen-bond donors (Lipinski definition) is 2. The smallest absolute Gasteiger partial charge is 0.224 e. The van der Waals surface area contributed by atoms with Crippen LogP contribution in [-0.4, -0.2) is 18.6 Å². The lowest BCUT2D eigenvalue weighted by atomic mass is 10.0. The molecule has 0 spiro atoms. The third-order valence-electron chi connectivity index (χ3n) is 3.20. The average molecular weight is 278 g/mol. The van der Waals surface area contributed by atoms with Gasteiger partial charge < -0.3 is 15.8 Å². The first-order valence-electron chi connectivity index (χ1n) is 7.15. The van der Waals surface area contributed by atoms with Gasteiger partial charge >= 0.3 is 0 Å². The average Bonchev–Trinajstić information content (AvgIpc) is 2.42. The lowest BCUT2D eigenvalue weighted by Gasteiger charge is -2.17. The molecule has 0 saturated carbocycles. The molecule has 1 amide bonds. The molecule has 0 aliphatic rings. The fraction of sp³-hybridized carbons (Fsp3) is 0.562. The standard InChI is InChI=1S/C16H26N2O2/c1-11(2)10-20-15-8-6-5-7-14(15)9-18-16(19)12(3)13(4)17/h5-8,11-13H,9-10,17H2,1-4H3,(H,18,19). The van der Waals surface area contributed by atoms with Crippen LogP contribution < -0.4 is 15.8 Å². The molecular formula is C16H26N2O2. The molecular weight excluding hydrogens is 252 g/mol.